The Labute approximate surface area is 173 Å². The highest BCUT2D eigenvalue weighted by Gasteiger charge is 2.45. The maximum atomic E-state index is 13.0. The van der Waals surface area contributed by atoms with Gasteiger partial charge in [0.05, 0.1) is 11.1 Å². The number of rotatable bonds is 8. The van der Waals surface area contributed by atoms with Gasteiger partial charge in [-0.05, 0) is 44.2 Å². The minimum atomic E-state index is -0.974. The van der Waals surface area contributed by atoms with Gasteiger partial charge in [0, 0.05) is 31.1 Å². The number of benzene rings is 1. The lowest BCUT2D eigenvalue weighted by molar-refractivity contribution is -0.136. The van der Waals surface area contributed by atoms with Crippen LogP contribution in [0.3, 0.4) is 0 Å². The number of nitrogens with zero attached hydrogens (tertiary/aromatic N) is 1. The number of unbranched alkanes of at least 4 members (excludes halogenated alkanes) is 1. The van der Waals surface area contributed by atoms with E-state index < -0.39 is 29.7 Å². The second-order valence-electron chi connectivity index (χ2n) is 7.87. The van der Waals surface area contributed by atoms with Gasteiger partial charge in [-0.2, -0.15) is 0 Å². The predicted octanol–water partition coefficient (Wildman–Crippen LogP) is 0.806. The molecule has 4 rings (SSSR count). The normalized spacial score (nSPS) is 20.8. The maximum absolute atomic E-state index is 13.0. The van der Waals surface area contributed by atoms with E-state index in [9.17, 15) is 24.0 Å². The molecule has 2 fully saturated rings. The minimum Gasteiger partial charge on any atom is -0.384 e. The first-order valence-electron chi connectivity index (χ1n) is 10.3. The Kier molecular flexibility index (Phi) is 5.52. The lowest BCUT2D eigenvalue weighted by Gasteiger charge is -2.27. The van der Waals surface area contributed by atoms with Crippen LogP contribution < -0.4 is 16.0 Å². The van der Waals surface area contributed by atoms with Crippen molar-refractivity contribution in [2.75, 3.05) is 18.4 Å². The molecule has 9 heteroatoms. The van der Waals surface area contributed by atoms with Crippen LogP contribution in [0.15, 0.2) is 18.2 Å². The summed E-state index contributed by atoms with van der Waals surface area (Å²) >= 11 is 0. The van der Waals surface area contributed by atoms with Crippen molar-refractivity contribution in [2.24, 2.45) is 5.92 Å². The first-order chi connectivity index (χ1) is 14.5. The molecular formula is C21H24N4O5. The molecule has 1 atom stereocenters. The average molecular weight is 412 g/mol. The van der Waals surface area contributed by atoms with E-state index in [0.717, 1.165) is 30.6 Å². The van der Waals surface area contributed by atoms with Gasteiger partial charge >= 0.3 is 0 Å². The number of hydrogen-bond acceptors (Lipinski definition) is 6. The van der Waals surface area contributed by atoms with Crippen LogP contribution >= 0.6 is 0 Å². The molecular weight excluding hydrogens is 388 g/mol. The van der Waals surface area contributed by atoms with Crippen molar-refractivity contribution in [1.82, 2.24) is 15.5 Å². The standard InChI is InChI=1S/C21H24N4O5/c26-16-9-8-15(19(28)24-16)25-20(29)13-4-3-5-14(17(13)21(25)30)22-10-1-2-11-23-18(27)12-6-7-12/h3-5,12,15,22H,1-2,6-11H2,(H,23,27)(H,24,26,28). The molecule has 30 heavy (non-hydrogen) atoms. The summed E-state index contributed by atoms with van der Waals surface area (Å²) < 4.78 is 0. The average Bonchev–Trinajstić information content (AvgIpc) is 3.53. The monoisotopic (exact) mass is 412 g/mol. The highest BCUT2D eigenvalue weighted by Crippen LogP contribution is 2.32. The molecule has 1 saturated carbocycles. The van der Waals surface area contributed by atoms with Gasteiger partial charge in [0.1, 0.15) is 6.04 Å². The minimum absolute atomic E-state index is 0.0895. The molecule has 1 unspecified atom stereocenters. The number of nitrogens with one attached hydrogen (secondary N) is 3. The van der Waals surface area contributed by atoms with Crippen LogP contribution in [-0.4, -0.2) is 53.6 Å². The second-order valence-corrected chi connectivity index (χ2v) is 7.87. The van der Waals surface area contributed by atoms with Crippen LogP contribution in [0.4, 0.5) is 5.69 Å². The Bertz CT molecular complexity index is 924. The number of fused-ring (bicyclic) bond motifs is 1. The van der Waals surface area contributed by atoms with Crippen LogP contribution in [0.25, 0.3) is 0 Å². The summed E-state index contributed by atoms with van der Waals surface area (Å²) in [5.41, 5.74) is 1.06. The van der Waals surface area contributed by atoms with Crippen molar-refractivity contribution in [2.45, 2.75) is 44.6 Å². The van der Waals surface area contributed by atoms with Crippen LogP contribution in [0.1, 0.15) is 59.2 Å². The van der Waals surface area contributed by atoms with E-state index in [2.05, 4.69) is 16.0 Å². The summed E-state index contributed by atoms with van der Waals surface area (Å²) in [6.07, 6.45) is 3.77. The lowest BCUT2D eigenvalue weighted by atomic mass is 10.0. The Hall–Kier alpha value is -3.23. The quantitative estimate of drug-likeness (QED) is 0.429. The molecule has 1 aromatic carbocycles. The highest BCUT2D eigenvalue weighted by atomic mass is 16.2. The van der Waals surface area contributed by atoms with Gasteiger partial charge < -0.3 is 10.6 Å². The van der Waals surface area contributed by atoms with Gasteiger partial charge in [0.15, 0.2) is 0 Å². The zero-order valence-corrected chi connectivity index (χ0v) is 16.5. The smallest absolute Gasteiger partial charge is 0.264 e. The van der Waals surface area contributed by atoms with Gasteiger partial charge in [-0.1, -0.05) is 6.07 Å². The molecule has 0 spiro atoms. The molecule has 1 aromatic rings. The first kappa shape index (κ1) is 20.1. The number of amides is 5. The summed E-state index contributed by atoms with van der Waals surface area (Å²) in [4.78, 5) is 61.9. The molecule has 1 aliphatic carbocycles. The van der Waals surface area contributed by atoms with Gasteiger partial charge in [-0.15, -0.1) is 0 Å². The van der Waals surface area contributed by atoms with Gasteiger partial charge in [0.25, 0.3) is 11.8 Å². The van der Waals surface area contributed by atoms with Gasteiger partial charge in [-0.25, -0.2) is 0 Å². The fourth-order valence-corrected chi connectivity index (χ4v) is 3.84. The van der Waals surface area contributed by atoms with E-state index in [1.54, 1.807) is 18.2 Å². The molecule has 5 amide bonds. The fourth-order valence-electron chi connectivity index (χ4n) is 3.84. The van der Waals surface area contributed by atoms with Crippen molar-refractivity contribution in [3.8, 4) is 0 Å². The number of imide groups is 2. The molecule has 1 saturated heterocycles. The lowest BCUT2D eigenvalue weighted by Crippen LogP contribution is -2.54. The van der Waals surface area contributed by atoms with E-state index in [4.69, 9.17) is 0 Å². The molecule has 3 aliphatic rings. The Balaban J connectivity index is 1.36. The number of hydrogen-bond donors (Lipinski definition) is 3. The van der Waals surface area contributed by atoms with Crippen molar-refractivity contribution >= 4 is 35.2 Å². The largest absolute Gasteiger partial charge is 0.384 e. The Morgan fingerprint density at radius 2 is 1.80 bits per heavy atom. The summed E-state index contributed by atoms with van der Waals surface area (Å²) in [6, 6.07) is 4.02. The van der Waals surface area contributed by atoms with E-state index >= 15 is 0 Å². The predicted molar refractivity (Wildman–Crippen MR) is 107 cm³/mol. The molecule has 2 heterocycles. The van der Waals surface area contributed by atoms with E-state index in [1.807, 2.05) is 0 Å². The third-order valence-electron chi connectivity index (χ3n) is 5.63. The number of anilines is 1. The molecule has 158 valence electrons. The van der Waals surface area contributed by atoms with E-state index in [1.165, 1.54) is 0 Å². The fraction of sp³-hybridized carbons (Fsp3) is 0.476. The summed E-state index contributed by atoms with van der Waals surface area (Å²) in [6.45, 7) is 1.19. The Morgan fingerprint density at radius 3 is 2.53 bits per heavy atom. The van der Waals surface area contributed by atoms with Crippen molar-refractivity contribution in [1.29, 1.82) is 0 Å². The van der Waals surface area contributed by atoms with E-state index in [-0.39, 0.29) is 35.8 Å². The molecule has 3 N–H and O–H groups in total. The van der Waals surface area contributed by atoms with Crippen molar-refractivity contribution in [3.05, 3.63) is 29.3 Å². The maximum Gasteiger partial charge on any atom is 0.264 e. The molecule has 0 bridgehead atoms. The summed E-state index contributed by atoms with van der Waals surface area (Å²) in [5, 5.41) is 8.30. The third kappa shape index (κ3) is 3.92. The zero-order chi connectivity index (χ0) is 21.3. The third-order valence-corrected chi connectivity index (χ3v) is 5.63. The summed E-state index contributed by atoms with van der Waals surface area (Å²) in [7, 11) is 0. The van der Waals surface area contributed by atoms with Crippen LogP contribution in [0.2, 0.25) is 0 Å². The zero-order valence-electron chi connectivity index (χ0n) is 16.5. The molecule has 0 radical (unpaired) electrons. The second kappa shape index (κ2) is 8.25. The van der Waals surface area contributed by atoms with Crippen molar-refractivity contribution < 1.29 is 24.0 Å². The highest BCUT2D eigenvalue weighted by molar-refractivity contribution is 6.25. The number of carbonyl (C=O) groups excluding carboxylic acids is 5. The molecule has 9 nitrogen and oxygen atoms in total. The van der Waals surface area contributed by atoms with Crippen LogP contribution in [0.5, 0.6) is 0 Å². The molecule has 0 aromatic heterocycles. The number of carbonyl (C=O) groups is 5. The van der Waals surface area contributed by atoms with Gasteiger partial charge in [0.2, 0.25) is 17.7 Å². The van der Waals surface area contributed by atoms with Gasteiger partial charge in [-0.3, -0.25) is 34.2 Å². The number of piperidine rings is 1. The van der Waals surface area contributed by atoms with E-state index in [0.29, 0.717) is 18.8 Å². The van der Waals surface area contributed by atoms with Crippen LogP contribution in [0, 0.1) is 5.92 Å². The molecule has 2 aliphatic heterocycles. The summed E-state index contributed by atoms with van der Waals surface area (Å²) in [5.74, 6) is -1.74. The van der Waals surface area contributed by atoms with Crippen LogP contribution in [-0.2, 0) is 14.4 Å². The van der Waals surface area contributed by atoms with Crippen molar-refractivity contribution in [3.63, 3.8) is 0 Å². The Morgan fingerprint density at radius 1 is 1.03 bits per heavy atom. The SMILES string of the molecule is O=C1CCC(N2C(=O)c3cccc(NCCCCNC(=O)C4CC4)c3C2=O)C(=O)N1. The first-order valence-corrected chi connectivity index (χ1v) is 10.3. The topological polar surface area (TPSA) is 125 Å².